The lowest BCUT2D eigenvalue weighted by Gasteiger charge is -2.34. The molecule has 0 bridgehead atoms. The molecule has 2 aromatic carbocycles. The van der Waals surface area contributed by atoms with Crippen molar-refractivity contribution < 1.29 is 14.3 Å². The van der Waals surface area contributed by atoms with Crippen LogP contribution < -0.4 is 15.4 Å². The predicted octanol–water partition coefficient (Wildman–Crippen LogP) is 3.45. The largest absolute Gasteiger partial charge is 0.497 e. The van der Waals surface area contributed by atoms with E-state index in [0.29, 0.717) is 32.5 Å². The van der Waals surface area contributed by atoms with Gasteiger partial charge in [0, 0.05) is 56.8 Å². The van der Waals surface area contributed by atoms with Gasteiger partial charge in [0.15, 0.2) is 0 Å². The zero-order chi connectivity index (χ0) is 24.6. The Labute approximate surface area is 206 Å². The van der Waals surface area contributed by atoms with Gasteiger partial charge in [0.1, 0.15) is 5.75 Å². The number of aromatic nitrogens is 1. The van der Waals surface area contributed by atoms with Crippen molar-refractivity contribution in [1.29, 1.82) is 0 Å². The van der Waals surface area contributed by atoms with E-state index in [0.717, 1.165) is 53.2 Å². The van der Waals surface area contributed by atoms with E-state index >= 15 is 0 Å². The van der Waals surface area contributed by atoms with Gasteiger partial charge in [-0.15, -0.1) is 0 Å². The molecular weight excluding hydrogens is 442 g/mol. The number of urea groups is 1. The number of aryl methyl sites for hydroxylation is 2. The van der Waals surface area contributed by atoms with Gasteiger partial charge in [-0.05, 0) is 43.2 Å². The smallest absolute Gasteiger partial charge is 0.319 e. The molecule has 184 valence electrons. The molecule has 2 heterocycles. The van der Waals surface area contributed by atoms with Gasteiger partial charge in [-0.3, -0.25) is 14.7 Å². The number of carbonyl (C=O) groups is 2. The van der Waals surface area contributed by atoms with Crippen LogP contribution in [-0.2, 0) is 11.2 Å². The molecule has 35 heavy (non-hydrogen) atoms. The second-order valence-electron chi connectivity index (χ2n) is 8.78. The Bertz CT molecular complexity index is 1170. The van der Waals surface area contributed by atoms with Crippen molar-refractivity contribution in [3.63, 3.8) is 0 Å². The van der Waals surface area contributed by atoms with Crippen molar-refractivity contribution in [2.75, 3.05) is 51.7 Å². The number of fused-ring (bicyclic) bond motifs is 1. The molecule has 3 aromatic rings. The number of piperazine rings is 1. The fraction of sp³-hybridized carbons (Fsp3) is 0.370. The van der Waals surface area contributed by atoms with Crippen LogP contribution in [0.25, 0.3) is 10.9 Å². The van der Waals surface area contributed by atoms with E-state index in [2.05, 4.69) is 20.5 Å². The standard InChI is InChI=1S/C27H33N5O3/c1-20-18-25(23-8-3-4-9-24(23)29-20)30-27(34)28-12-13-31-14-16-32(17-15-31)26(33)11-10-21-6-5-7-22(19-21)35-2/h3-9,18-19H,10-17H2,1-2H3,(H2,28,29,30,34). The Balaban J connectivity index is 1.17. The van der Waals surface area contributed by atoms with Gasteiger partial charge in [-0.25, -0.2) is 4.79 Å². The monoisotopic (exact) mass is 475 g/mol. The fourth-order valence-corrected chi connectivity index (χ4v) is 4.36. The van der Waals surface area contributed by atoms with E-state index in [1.807, 2.05) is 66.4 Å². The Morgan fingerprint density at radius 1 is 1.03 bits per heavy atom. The van der Waals surface area contributed by atoms with Gasteiger partial charge in [-0.1, -0.05) is 30.3 Å². The van der Waals surface area contributed by atoms with Crippen molar-refractivity contribution in [3.05, 3.63) is 65.9 Å². The van der Waals surface area contributed by atoms with Crippen molar-refractivity contribution in [2.24, 2.45) is 0 Å². The summed E-state index contributed by atoms with van der Waals surface area (Å²) in [6.07, 6.45) is 1.21. The van der Waals surface area contributed by atoms with Gasteiger partial charge in [0.05, 0.1) is 18.3 Å². The van der Waals surface area contributed by atoms with Crippen LogP contribution >= 0.6 is 0 Å². The van der Waals surface area contributed by atoms with Crippen LogP contribution in [0.3, 0.4) is 0 Å². The number of benzene rings is 2. The lowest BCUT2D eigenvalue weighted by molar-refractivity contribution is -0.132. The first-order valence-corrected chi connectivity index (χ1v) is 12.1. The molecule has 1 aliphatic heterocycles. The van der Waals surface area contributed by atoms with E-state index in [1.54, 1.807) is 7.11 Å². The normalized spacial score (nSPS) is 14.1. The molecule has 3 amide bonds. The summed E-state index contributed by atoms with van der Waals surface area (Å²) < 4.78 is 5.25. The molecule has 2 N–H and O–H groups in total. The Morgan fingerprint density at radius 2 is 1.83 bits per heavy atom. The summed E-state index contributed by atoms with van der Waals surface area (Å²) in [6.45, 7) is 6.24. The van der Waals surface area contributed by atoms with Gasteiger partial charge in [0.2, 0.25) is 5.91 Å². The summed E-state index contributed by atoms with van der Waals surface area (Å²) in [4.78, 5) is 33.8. The minimum absolute atomic E-state index is 0.185. The van der Waals surface area contributed by atoms with Crippen molar-refractivity contribution in [1.82, 2.24) is 20.1 Å². The van der Waals surface area contributed by atoms with E-state index in [1.165, 1.54) is 0 Å². The molecule has 8 nitrogen and oxygen atoms in total. The number of hydrogen-bond donors (Lipinski definition) is 2. The van der Waals surface area contributed by atoms with Crippen LogP contribution in [0.4, 0.5) is 10.5 Å². The molecular formula is C27H33N5O3. The second-order valence-corrected chi connectivity index (χ2v) is 8.78. The lowest BCUT2D eigenvalue weighted by Crippen LogP contribution is -2.50. The minimum atomic E-state index is -0.230. The topological polar surface area (TPSA) is 86.8 Å². The number of pyridine rings is 1. The van der Waals surface area contributed by atoms with Gasteiger partial charge in [0.25, 0.3) is 0 Å². The van der Waals surface area contributed by atoms with Crippen molar-refractivity contribution in [3.8, 4) is 5.75 Å². The third-order valence-corrected chi connectivity index (χ3v) is 6.29. The number of nitrogens with zero attached hydrogens (tertiary/aromatic N) is 3. The van der Waals surface area contributed by atoms with Crippen molar-refractivity contribution in [2.45, 2.75) is 19.8 Å². The molecule has 0 spiro atoms. The third-order valence-electron chi connectivity index (χ3n) is 6.29. The molecule has 1 aliphatic rings. The number of amides is 3. The first-order chi connectivity index (χ1) is 17.0. The van der Waals surface area contributed by atoms with Crippen LogP contribution in [0.15, 0.2) is 54.6 Å². The van der Waals surface area contributed by atoms with Gasteiger partial charge < -0.3 is 20.3 Å². The molecule has 1 fully saturated rings. The summed E-state index contributed by atoms with van der Waals surface area (Å²) in [6, 6.07) is 17.3. The van der Waals surface area contributed by atoms with E-state index in [9.17, 15) is 9.59 Å². The van der Waals surface area contributed by atoms with Crippen LogP contribution in [0.5, 0.6) is 5.75 Å². The van der Waals surface area contributed by atoms with Crippen LogP contribution in [0.1, 0.15) is 17.7 Å². The summed E-state index contributed by atoms with van der Waals surface area (Å²) in [5.41, 5.74) is 3.58. The minimum Gasteiger partial charge on any atom is -0.497 e. The molecule has 8 heteroatoms. The summed E-state index contributed by atoms with van der Waals surface area (Å²) in [7, 11) is 1.65. The molecule has 1 aromatic heterocycles. The van der Waals surface area contributed by atoms with Gasteiger partial charge >= 0.3 is 6.03 Å². The predicted molar refractivity (Wildman–Crippen MR) is 138 cm³/mol. The van der Waals surface area contributed by atoms with Crippen LogP contribution in [0, 0.1) is 6.92 Å². The number of methoxy groups -OCH3 is 1. The highest BCUT2D eigenvalue weighted by Crippen LogP contribution is 2.22. The maximum Gasteiger partial charge on any atom is 0.319 e. The molecule has 0 aliphatic carbocycles. The maximum atomic E-state index is 12.6. The quantitative estimate of drug-likeness (QED) is 0.521. The highest BCUT2D eigenvalue weighted by Gasteiger charge is 2.20. The molecule has 0 unspecified atom stereocenters. The van der Waals surface area contributed by atoms with Crippen molar-refractivity contribution >= 4 is 28.5 Å². The zero-order valence-electron chi connectivity index (χ0n) is 20.4. The number of hydrogen-bond acceptors (Lipinski definition) is 5. The number of anilines is 1. The lowest BCUT2D eigenvalue weighted by atomic mass is 10.1. The summed E-state index contributed by atoms with van der Waals surface area (Å²) in [5, 5.41) is 6.81. The number of ether oxygens (including phenoxy) is 1. The molecule has 0 saturated carbocycles. The van der Waals surface area contributed by atoms with E-state index in [-0.39, 0.29) is 11.9 Å². The molecule has 4 rings (SSSR count). The Morgan fingerprint density at radius 3 is 2.63 bits per heavy atom. The molecule has 0 radical (unpaired) electrons. The maximum absolute atomic E-state index is 12.6. The average Bonchev–Trinajstić information content (AvgIpc) is 2.87. The SMILES string of the molecule is COc1cccc(CCC(=O)N2CCN(CCNC(=O)Nc3cc(C)nc4ccccc34)CC2)c1. The third kappa shape index (κ3) is 6.70. The van der Waals surface area contributed by atoms with Crippen LogP contribution in [0.2, 0.25) is 0 Å². The summed E-state index contributed by atoms with van der Waals surface area (Å²) >= 11 is 0. The zero-order valence-corrected chi connectivity index (χ0v) is 20.4. The number of rotatable bonds is 8. The van der Waals surface area contributed by atoms with E-state index in [4.69, 9.17) is 4.74 Å². The Hall–Kier alpha value is -3.65. The second kappa shape index (κ2) is 11.7. The van der Waals surface area contributed by atoms with E-state index < -0.39 is 0 Å². The fourth-order valence-electron chi connectivity index (χ4n) is 4.36. The van der Waals surface area contributed by atoms with Gasteiger partial charge in [-0.2, -0.15) is 0 Å². The number of carbonyl (C=O) groups excluding carboxylic acids is 2. The highest BCUT2D eigenvalue weighted by atomic mass is 16.5. The molecule has 0 atom stereocenters. The first-order valence-electron chi connectivity index (χ1n) is 12.1. The average molecular weight is 476 g/mol. The number of nitrogens with one attached hydrogen (secondary N) is 2. The summed E-state index contributed by atoms with van der Waals surface area (Å²) in [5.74, 6) is 1.000. The highest BCUT2D eigenvalue weighted by molar-refractivity contribution is 6.00. The Kier molecular flexibility index (Phi) is 8.15. The van der Waals surface area contributed by atoms with Crippen LogP contribution in [-0.4, -0.2) is 73.1 Å². The number of para-hydroxylation sites is 1. The first kappa shape index (κ1) is 24.5. The molecule has 1 saturated heterocycles.